The van der Waals surface area contributed by atoms with Gasteiger partial charge in [-0.2, -0.15) is 0 Å². The molecule has 3 aromatic rings. The van der Waals surface area contributed by atoms with Crippen LogP contribution in [0.5, 0.6) is 11.5 Å². The smallest absolute Gasteiger partial charge is 0.262 e. The van der Waals surface area contributed by atoms with Crippen LogP contribution in [0.1, 0.15) is 42.1 Å². The largest absolute Gasteiger partial charge is 0.508 e. The van der Waals surface area contributed by atoms with Gasteiger partial charge in [0, 0.05) is 17.1 Å². The van der Waals surface area contributed by atoms with Crippen molar-refractivity contribution in [3.63, 3.8) is 0 Å². The Hall–Kier alpha value is -2.51. The third kappa shape index (κ3) is 3.97. The molecule has 0 amide bonds. The van der Waals surface area contributed by atoms with Crippen LogP contribution in [0.4, 0.5) is 0 Å². The Morgan fingerprint density at radius 1 is 1.17 bits per heavy atom. The summed E-state index contributed by atoms with van der Waals surface area (Å²) in [5.74, 6) is -0.702. The first-order valence-electron chi connectivity index (χ1n) is 9.34. The maximum Gasteiger partial charge on any atom is 0.262 e. The first kappa shape index (κ1) is 19.8. The van der Waals surface area contributed by atoms with Gasteiger partial charge in [0.15, 0.2) is 10.9 Å². The van der Waals surface area contributed by atoms with E-state index in [4.69, 9.17) is 11.6 Å². The molecule has 2 N–H and O–H groups in total. The lowest BCUT2D eigenvalue weighted by Crippen LogP contribution is -2.26. The molecular formula is C21H19ClN2O4S. The van der Waals surface area contributed by atoms with Crippen LogP contribution in [-0.2, 0) is 0 Å². The number of hydrogen-bond acceptors (Lipinski definition) is 6. The van der Waals surface area contributed by atoms with E-state index in [1.54, 1.807) is 22.8 Å². The number of carbonyl (C=O) groups excluding carboxylic acids is 1. The van der Waals surface area contributed by atoms with Gasteiger partial charge < -0.3 is 10.2 Å². The predicted molar refractivity (Wildman–Crippen MR) is 113 cm³/mol. The van der Waals surface area contributed by atoms with E-state index in [0.717, 1.165) is 31.7 Å². The van der Waals surface area contributed by atoms with Gasteiger partial charge in [-0.15, -0.1) is 0 Å². The van der Waals surface area contributed by atoms with Crippen molar-refractivity contribution in [1.29, 1.82) is 0 Å². The molecule has 1 heterocycles. The SMILES string of the molecule is O=C(CSc1nc2cc(Cl)ccc2c(=O)n1C1CCCC1)c1ccc(O)cc1O. The minimum atomic E-state index is -0.314. The average Bonchev–Trinajstić information content (AvgIpc) is 3.20. The van der Waals surface area contributed by atoms with Crippen LogP contribution in [0.2, 0.25) is 5.02 Å². The fourth-order valence-electron chi connectivity index (χ4n) is 3.70. The lowest BCUT2D eigenvalue weighted by atomic mass is 10.1. The van der Waals surface area contributed by atoms with E-state index < -0.39 is 0 Å². The highest BCUT2D eigenvalue weighted by atomic mass is 35.5. The number of Topliss-reactive ketones (excluding diaryl/α,β-unsaturated/α-hetero) is 1. The Morgan fingerprint density at radius 3 is 2.66 bits per heavy atom. The van der Waals surface area contributed by atoms with Gasteiger partial charge in [-0.1, -0.05) is 36.2 Å². The molecule has 0 radical (unpaired) electrons. The minimum Gasteiger partial charge on any atom is -0.508 e. The topological polar surface area (TPSA) is 92.4 Å². The molecule has 0 saturated heterocycles. The summed E-state index contributed by atoms with van der Waals surface area (Å²) in [6.45, 7) is 0. The summed E-state index contributed by atoms with van der Waals surface area (Å²) >= 11 is 7.24. The Morgan fingerprint density at radius 2 is 1.93 bits per heavy atom. The molecule has 1 aliphatic carbocycles. The maximum absolute atomic E-state index is 13.2. The quantitative estimate of drug-likeness (QED) is 0.350. The number of carbonyl (C=O) groups is 1. The normalized spacial score (nSPS) is 14.5. The van der Waals surface area contributed by atoms with Crippen LogP contribution in [0.15, 0.2) is 46.3 Å². The van der Waals surface area contributed by atoms with Gasteiger partial charge in [0.05, 0.1) is 22.2 Å². The number of thioether (sulfide) groups is 1. The fraction of sp³-hybridized carbons (Fsp3) is 0.286. The Bertz CT molecular complexity index is 1160. The molecule has 2 aromatic carbocycles. The zero-order valence-electron chi connectivity index (χ0n) is 15.5. The molecule has 0 spiro atoms. The molecule has 8 heteroatoms. The van der Waals surface area contributed by atoms with E-state index in [2.05, 4.69) is 4.98 Å². The van der Waals surface area contributed by atoms with Crippen molar-refractivity contribution >= 4 is 40.0 Å². The molecular weight excluding hydrogens is 412 g/mol. The number of fused-ring (bicyclic) bond motifs is 1. The third-order valence-corrected chi connectivity index (χ3v) is 6.32. The number of aromatic hydroxyl groups is 2. The third-order valence-electron chi connectivity index (χ3n) is 5.14. The fourth-order valence-corrected chi connectivity index (χ4v) is 4.82. The second-order valence-electron chi connectivity index (χ2n) is 7.08. The van der Waals surface area contributed by atoms with Crippen LogP contribution >= 0.6 is 23.4 Å². The van der Waals surface area contributed by atoms with E-state index in [1.165, 1.54) is 23.9 Å². The molecule has 0 atom stereocenters. The van der Waals surface area contributed by atoms with Crippen molar-refractivity contribution in [3.05, 3.63) is 57.3 Å². The molecule has 0 unspecified atom stereocenters. The molecule has 1 fully saturated rings. The van der Waals surface area contributed by atoms with Crippen molar-refractivity contribution in [1.82, 2.24) is 9.55 Å². The summed E-state index contributed by atoms with van der Waals surface area (Å²) in [7, 11) is 0. The number of hydrogen-bond donors (Lipinski definition) is 2. The Balaban J connectivity index is 1.70. The van der Waals surface area contributed by atoms with Gasteiger partial charge >= 0.3 is 0 Å². The number of rotatable bonds is 5. The second-order valence-corrected chi connectivity index (χ2v) is 8.46. The van der Waals surface area contributed by atoms with E-state index in [-0.39, 0.29) is 40.2 Å². The van der Waals surface area contributed by atoms with Gasteiger partial charge in [0.1, 0.15) is 11.5 Å². The Kier molecular flexibility index (Phi) is 5.52. The van der Waals surface area contributed by atoms with Gasteiger partial charge in [-0.25, -0.2) is 4.98 Å². The summed E-state index contributed by atoms with van der Waals surface area (Å²) in [4.78, 5) is 30.4. The summed E-state index contributed by atoms with van der Waals surface area (Å²) < 4.78 is 1.71. The van der Waals surface area contributed by atoms with Crippen molar-refractivity contribution in [2.45, 2.75) is 36.9 Å². The monoisotopic (exact) mass is 430 g/mol. The van der Waals surface area contributed by atoms with Crippen molar-refractivity contribution < 1.29 is 15.0 Å². The Labute approximate surface area is 176 Å². The lowest BCUT2D eigenvalue weighted by molar-refractivity contribution is 0.102. The number of aromatic nitrogens is 2. The molecule has 1 saturated carbocycles. The maximum atomic E-state index is 13.2. The van der Waals surface area contributed by atoms with Gasteiger partial charge in [0.25, 0.3) is 5.56 Å². The number of phenols is 2. The zero-order valence-corrected chi connectivity index (χ0v) is 17.0. The minimum absolute atomic E-state index is 0.00354. The number of nitrogens with zero attached hydrogens (tertiary/aromatic N) is 2. The lowest BCUT2D eigenvalue weighted by Gasteiger charge is -2.18. The molecule has 4 rings (SSSR count). The van der Waals surface area contributed by atoms with Crippen molar-refractivity contribution in [2.75, 3.05) is 5.75 Å². The summed E-state index contributed by atoms with van der Waals surface area (Å²) in [5.41, 5.74) is 0.495. The molecule has 0 aliphatic heterocycles. The number of benzene rings is 2. The molecule has 6 nitrogen and oxygen atoms in total. The molecule has 0 bridgehead atoms. The van der Waals surface area contributed by atoms with Crippen LogP contribution in [0, 0.1) is 0 Å². The zero-order chi connectivity index (χ0) is 20.5. The molecule has 29 heavy (non-hydrogen) atoms. The number of ketones is 1. The van der Waals surface area contributed by atoms with Crippen LogP contribution in [0.3, 0.4) is 0 Å². The standard InChI is InChI=1S/C21H19ClN2O4S/c22-12-5-7-15-17(9-12)23-21(24(20(15)28)13-3-1-2-4-13)29-11-19(27)16-8-6-14(25)10-18(16)26/h5-10,13,25-26H,1-4,11H2. The van der Waals surface area contributed by atoms with Crippen molar-refractivity contribution in [3.8, 4) is 11.5 Å². The van der Waals surface area contributed by atoms with Gasteiger partial charge in [0.2, 0.25) is 0 Å². The van der Waals surface area contributed by atoms with E-state index in [9.17, 15) is 19.8 Å². The first-order chi connectivity index (χ1) is 13.9. The van der Waals surface area contributed by atoms with Crippen LogP contribution < -0.4 is 5.56 Å². The predicted octanol–water partition coefficient (Wildman–Crippen LogP) is 4.55. The molecule has 1 aliphatic rings. The summed E-state index contributed by atoms with van der Waals surface area (Å²) in [6, 6.07) is 8.93. The summed E-state index contributed by atoms with van der Waals surface area (Å²) in [6.07, 6.45) is 3.92. The number of halogens is 1. The summed E-state index contributed by atoms with van der Waals surface area (Å²) in [5, 5.41) is 20.8. The highest BCUT2D eigenvalue weighted by molar-refractivity contribution is 7.99. The van der Waals surface area contributed by atoms with Crippen LogP contribution in [0.25, 0.3) is 10.9 Å². The first-order valence-corrected chi connectivity index (χ1v) is 10.7. The highest BCUT2D eigenvalue weighted by Crippen LogP contribution is 2.33. The second kappa shape index (κ2) is 8.08. The van der Waals surface area contributed by atoms with E-state index in [0.29, 0.717) is 21.1 Å². The number of phenolic OH excluding ortho intramolecular Hbond substituents is 2. The average molecular weight is 431 g/mol. The van der Waals surface area contributed by atoms with E-state index >= 15 is 0 Å². The van der Waals surface area contributed by atoms with Crippen LogP contribution in [-0.4, -0.2) is 31.3 Å². The highest BCUT2D eigenvalue weighted by Gasteiger charge is 2.24. The molecule has 150 valence electrons. The van der Waals surface area contributed by atoms with E-state index in [1.807, 2.05) is 0 Å². The molecule has 1 aromatic heterocycles. The van der Waals surface area contributed by atoms with Crippen molar-refractivity contribution in [2.24, 2.45) is 0 Å². The van der Waals surface area contributed by atoms with Gasteiger partial charge in [-0.3, -0.25) is 14.2 Å². The van der Waals surface area contributed by atoms with Gasteiger partial charge in [-0.05, 0) is 43.2 Å².